The molecule has 0 saturated heterocycles. The first-order valence-electron chi connectivity index (χ1n) is 40.7. The highest BCUT2D eigenvalue weighted by Gasteiger charge is 2.30. The molecular weight excluding hydrogens is 1380 g/mol. The summed E-state index contributed by atoms with van der Waals surface area (Å²) in [5.74, 6) is -2.38. The van der Waals surface area contributed by atoms with E-state index in [0.29, 0.717) is 38.5 Å². The lowest BCUT2D eigenvalue weighted by Gasteiger charge is -2.21. The molecule has 0 aromatic carbocycles. The van der Waals surface area contributed by atoms with E-state index < -0.39 is 97.5 Å². The van der Waals surface area contributed by atoms with Crippen LogP contribution in [0.3, 0.4) is 0 Å². The number of hydrogen-bond donors (Lipinski definition) is 3. The van der Waals surface area contributed by atoms with Crippen LogP contribution in [0.4, 0.5) is 0 Å². The fourth-order valence-electron chi connectivity index (χ4n) is 10.2. The van der Waals surface area contributed by atoms with Gasteiger partial charge in [-0.3, -0.25) is 37.3 Å². The molecule has 0 spiro atoms. The molecular formula is C87H144O17P2. The molecule has 106 heavy (non-hydrogen) atoms. The van der Waals surface area contributed by atoms with E-state index in [4.69, 9.17) is 37.0 Å². The van der Waals surface area contributed by atoms with E-state index in [9.17, 15) is 43.2 Å². The number of esters is 4. The van der Waals surface area contributed by atoms with Crippen molar-refractivity contribution in [2.24, 2.45) is 0 Å². The van der Waals surface area contributed by atoms with Crippen molar-refractivity contribution in [3.8, 4) is 0 Å². The standard InChI is InChI=1S/C87H144O17P2/c1-5-9-13-17-21-25-29-33-37-39-40-42-46-50-54-58-62-66-70-74-87(92)104-83(77-97-84(89)71-67-63-59-55-51-47-43-35-31-27-23-19-15-11-7-3)80-102-106(95,96)100-76-81(88)75-99-105(93,94)101-79-82(103-86(91)73-69-65-61-57-53-49-44-36-32-28-24-20-16-12-8-4)78-98-85(90)72-68-64-60-56-52-48-45-41-38-34-30-26-22-18-14-10-6-2/h21-28,33-38,40,42-45,48,50,54,56,60,62,66,81-83,88H,5-20,29-32,39,41,46-47,49,51-53,55,57-59,61,63-65,67-80H2,1-4H3,(H,93,94)(H,95,96)/b25-21-,26-22-,27-23-,28-24-,37-33-,38-34-,42-40-,43-35-,44-36-,48-45-,54-50-,60-56-,66-62-/t81-,82-,83-/m1/s1. The summed E-state index contributed by atoms with van der Waals surface area (Å²) < 4.78 is 68.5. The van der Waals surface area contributed by atoms with E-state index in [1.165, 1.54) is 77.0 Å². The number of rotatable bonds is 75. The summed E-state index contributed by atoms with van der Waals surface area (Å²) in [5.41, 5.74) is 0. The van der Waals surface area contributed by atoms with Crippen molar-refractivity contribution in [3.63, 3.8) is 0 Å². The highest BCUT2D eigenvalue weighted by molar-refractivity contribution is 7.47. The second-order valence-corrected chi connectivity index (χ2v) is 29.5. The van der Waals surface area contributed by atoms with Crippen LogP contribution in [0.5, 0.6) is 0 Å². The summed E-state index contributed by atoms with van der Waals surface area (Å²) in [7, 11) is -10.0. The molecule has 604 valence electrons. The average Bonchev–Trinajstić information content (AvgIpc) is 0.908. The van der Waals surface area contributed by atoms with Crippen LogP contribution >= 0.6 is 15.6 Å². The Labute approximate surface area is 642 Å². The summed E-state index contributed by atoms with van der Waals surface area (Å²) in [5, 5.41) is 10.6. The van der Waals surface area contributed by atoms with Crippen LogP contribution in [0, 0.1) is 0 Å². The molecule has 17 nitrogen and oxygen atoms in total. The van der Waals surface area contributed by atoms with E-state index in [2.05, 4.69) is 155 Å². The van der Waals surface area contributed by atoms with E-state index in [1.807, 2.05) is 30.4 Å². The first-order valence-corrected chi connectivity index (χ1v) is 43.7. The maximum Gasteiger partial charge on any atom is 0.472 e. The number of allylic oxidation sites excluding steroid dienone is 26. The number of phosphoric acid groups is 2. The summed E-state index contributed by atoms with van der Waals surface area (Å²) >= 11 is 0. The molecule has 0 fully saturated rings. The summed E-state index contributed by atoms with van der Waals surface area (Å²) in [4.78, 5) is 73.0. The molecule has 3 N–H and O–H groups in total. The van der Waals surface area contributed by atoms with Crippen LogP contribution in [-0.4, -0.2) is 96.7 Å². The van der Waals surface area contributed by atoms with Gasteiger partial charge in [0, 0.05) is 25.7 Å². The molecule has 0 aromatic rings. The van der Waals surface area contributed by atoms with E-state index in [0.717, 1.165) is 141 Å². The number of aliphatic hydroxyl groups excluding tert-OH is 1. The first kappa shape index (κ1) is 101. The molecule has 0 heterocycles. The van der Waals surface area contributed by atoms with Crippen molar-refractivity contribution in [2.75, 3.05) is 39.6 Å². The van der Waals surface area contributed by atoms with Crippen molar-refractivity contribution in [1.82, 2.24) is 0 Å². The first-order chi connectivity index (χ1) is 51.7. The SMILES string of the molecule is CCCCC/C=C\C/C=C\C/C=C\C/C=C\C/C=C\CCC(=O)O[C@H](COC(=O)CCCCCCC/C=C\C/C=C\CCCCC)COP(=O)(O)OC[C@H](O)COP(=O)(O)OC[C@@H](COC(=O)CCC/C=C\C/C=C\C/C=C\C/C=C\CCCCC)OC(=O)CCCCCCC/C=C\C/C=C\CCCCC. The van der Waals surface area contributed by atoms with E-state index in [1.54, 1.807) is 0 Å². The van der Waals surface area contributed by atoms with Gasteiger partial charge in [0.2, 0.25) is 0 Å². The minimum Gasteiger partial charge on any atom is -0.462 e. The molecule has 0 aliphatic carbocycles. The minimum absolute atomic E-state index is 0.0377. The Hall–Kier alpha value is -5.32. The zero-order valence-electron chi connectivity index (χ0n) is 66.1. The van der Waals surface area contributed by atoms with Crippen molar-refractivity contribution in [3.05, 3.63) is 158 Å². The van der Waals surface area contributed by atoms with Gasteiger partial charge in [0.05, 0.1) is 26.4 Å². The Kier molecular flexibility index (Phi) is 73.9. The molecule has 0 radical (unpaired) electrons. The largest absolute Gasteiger partial charge is 0.472 e. The third-order valence-corrected chi connectivity index (χ3v) is 18.3. The van der Waals surface area contributed by atoms with Crippen molar-refractivity contribution < 1.29 is 80.2 Å². The maximum absolute atomic E-state index is 13.1. The average molecular weight is 1520 g/mol. The number of aliphatic hydroxyl groups is 1. The number of unbranched alkanes of at least 4 members (excludes halogenated alkanes) is 23. The molecule has 5 atom stereocenters. The smallest absolute Gasteiger partial charge is 0.462 e. The Balaban J connectivity index is 5.52. The molecule has 0 rings (SSSR count). The van der Waals surface area contributed by atoms with Crippen LogP contribution < -0.4 is 0 Å². The third-order valence-electron chi connectivity index (χ3n) is 16.4. The van der Waals surface area contributed by atoms with Gasteiger partial charge >= 0.3 is 39.5 Å². The van der Waals surface area contributed by atoms with Crippen LogP contribution in [0.15, 0.2) is 158 Å². The Morgan fingerprint density at radius 1 is 0.264 bits per heavy atom. The molecule has 0 bridgehead atoms. The van der Waals surface area contributed by atoms with Gasteiger partial charge < -0.3 is 33.8 Å². The monoisotopic (exact) mass is 1520 g/mol. The predicted molar refractivity (Wildman–Crippen MR) is 436 cm³/mol. The third kappa shape index (κ3) is 76.9. The molecule has 19 heteroatoms. The normalized spacial score (nSPS) is 14.7. The maximum atomic E-state index is 13.1. The van der Waals surface area contributed by atoms with Gasteiger partial charge in [-0.1, -0.05) is 276 Å². The molecule has 0 aliphatic heterocycles. The van der Waals surface area contributed by atoms with Crippen molar-refractivity contribution in [2.45, 2.75) is 329 Å². The lowest BCUT2D eigenvalue weighted by Crippen LogP contribution is -2.30. The Morgan fingerprint density at radius 2 is 0.491 bits per heavy atom. The van der Waals surface area contributed by atoms with Gasteiger partial charge in [-0.2, -0.15) is 0 Å². The minimum atomic E-state index is -5.01. The Bertz CT molecular complexity index is 2630. The van der Waals surface area contributed by atoms with Gasteiger partial charge in [0.1, 0.15) is 19.3 Å². The fourth-order valence-corrected chi connectivity index (χ4v) is 11.8. The summed E-state index contributed by atoms with van der Waals surface area (Å²) in [6, 6.07) is 0. The zero-order valence-corrected chi connectivity index (χ0v) is 67.8. The lowest BCUT2D eigenvalue weighted by atomic mass is 10.1. The van der Waals surface area contributed by atoms with Gasteiger partial charge in [0.25, 0.3) is 0 Å². The second-order valence-electron chi connectivity index (χ2n) is 26.6. The summed E-state index contributed by atoms with van der Waals surface area (Å²) in [6.45, 7) is 4.58. The van der Waals surface area contributed by atoms with Crippen LogP contribution in [0.25, 0.3) is 0 Å². The molecule has 0 aliphatic rings. The van der Waals surface area contributed by atoms with Crippen molar-refractivity contribution >= 4 is 39.5 Å². The van der Waals surface area contributed by atoms with Crippen LogP contribution in [0.2, 0.25) is 0 Å². The van der Waals surface area contributed by atoms with Gasteiger partial charge in [-0.15, -0.1) is 0 Å². The van der Waals surface area contributed by atoms with Gasteiger partial charge in [-0.25, -0.2) is 9.13 Å². The zero-order chi connectivity index (χ0) is 77.4. The quantitative estimate of drug-likeness (QED) is 0.0169. The number of hydrogen-bond acceptors (Lipinski definition) is 15. The predicted octanol–water partition coefficient (Wildman–Crippen LogP) is 24.0. The highest BCUT2D eigenvalue weighted by atomic mass is 31.2. The second kappa shape index (κ2) is 77.8. The lowest BCUT2D eigenvalue weighted by molar-refractivity contribution is -0.161. The van der Waals surface area contributed by atoms with Gasteiger partial charge in [0.15, 0.2) is 12.2 Å². The Morgan fingerprint density at radius 3 is 0.802 bits per heavy atom. The molecule has 0 amide bonds. The van der Waals surface area contributed by atoms with Crippen LogP contribution in [0.1, 0.15) is 310 Å². The topological polar surface area (TPSA) is 237 Å². The molecule has 0 saturated carbocycles. The highest BCUT2D eigenvalue weighted by Crippen LogP contribution is 2.45. The molecule has 2 unspecified atom stereocenters. The van der Waals surface area contributed by atoms with E-state index in [-0.39, 0.29) is 25.7 Å². The summed E-state index contributed by atoms with van der Waals surface area (Å²) in [6.07, 6.45) is 90.9. The molecule has 0 aromatic heterocycles. The van der Waals surface area contributed by atoms with Gasteiger partial charge in [-0.05, 0) is 167 Å². The van der Waals surface area contributed by atoms with Crippen LogP contribution in [-0.2, 0) is 65.4 Å². The van der Waals surface area contributed by atoms with Crippen molar-refractivity contribution in [1.29, 1.82) is 0 Å². The fraction of sp³-hybridized carbons (Fsp3) is 0.655. The number of carbonyl (C=O) groups excluding carboxylic acids is 4. The number of carbonyl (C=O) groups is 4. The number of ether oxygens (including phenoxy) is 4. The number of phosphoric ester groups is 2. The van der Waals surface area contributed by atoms with E-state index >= 15 is 0 Å².